The molecular formula is C11H16O4. The molecular weight excluding hydrogens is 196 g/mol. The van der Waals surface area contributed by atoms with Gasteiger partial charge in [0, 0.05) is 18.1 Å². The molecule has 4 heteroatoms. The zero-order chi connectivity index (χ0) is 11.8. The minimum atomic E-state index is -0.883. The van der Waals surface area contributed by atoms with Crippen molar-refractivity contribution in [2.75, 3.05) is 0 Å². The second-order valence-electron chi connectivity index (χ2n) is 3.04. The Balaban J connectivity index is 4.43. The molecule has 0 saturated carbocycles. The summed E-state index contributed by atoms with van der Waals surface area (Å²) < 4.78 is 9.75. The van der Waals surface area contributed by atoms with E-state index in [1.807, 2.05) is 13.8 Å². The fourth-order valence-electron chi connectivity index (χ4n) is 0.774. The van der Waals surface area contributed by atoms with Gasteiger partial charge in [-0.2, -0.15) is 0 Å². The van der Waals surface area contributed by atoms with E-state index in [4.69, 9.17) is 9.47 Å². The van der Waals surface area contributed by atoms with E-state index in [-0.39, 0.29) is 5.92 Å². The molecule has 0 fully saturated rings. The zero-order valence-corrected chi connectivity index (χ0v) is 9.06. The van der Waals surface area contributed by atoms with Crippen LogP contribution in [0.5, 0.6) is 0 Å². The van der Waals surface area contributed by atoms with Gasteiger partial charge in [0.25, 0.3) is 6.29 Å². The molecule has 0 bridgehead atoms. The van der Waals surface area contributed by atoms with Crippen molar-refractivity contribution in [1.82, 2.24) is 0 Å². The summed E-state index contributed by atoms with van der Waals surface area (Å²) in [5.74, 6) is -1.30. The Hall–Kier alpha value is -1.58. The van der Waals surface area contributed by atoms with E-state index in [2.05, 4.69) is 13.2 Å². The van der Waals surface area contributed by atoms with Crippen molar-refractivity contribution in [3.63, 3.8) is 0 Å². The molecule has 1 unspecified atom stereocenters. The Morgan fingerprint density at radius 1 is 1.20 bits per heavy atom. The van der Waals surface area contributed by atoms with Crippen molar-refractivity contribution in [1.29, 1.82) is 0 Å². The van der Waals surface area contributed by atoms with Crippen LogP contribution in [0.2, 0.25) is 0 Å². The van der Waals surface area contributed by atoms with Gasteiger partial charge in [0.1, 0.15) is 0 Å². The van der Waals surface area contributed by atoms with E-state index in [9.17, 15) is 9.59 Å². The van der Waals surface area contributed by atoms with E-state index >= 15 is 0 Å². The van der Waals surface area contributed by atoms with Crippen molar-refractivity contribution >= 4 is 11.9 Å². The van der Waals surface area contributed by atoms with Gasteiger partial charge in [0.2, 0.25) is 0 Å². The lowest BCUT2D eigenvalue weighted by molar-refractivity contribution is -0.190. The molecule has 15 heavy (non-hydrogen) atoms. The number of hydrogen-bond donors (Lipinski definition) is 0. The predicted molar refractivity (Wildman–Crippen MR) is 55.8 cm³/mol. The summed E-state index contributed by atoms with van der Waals surface area (Å²) in [5, 5.41) is 0. The molecule has 4 nitrogen and oxygen atoms in total. The van der Waals surface area contributed by atoms with Crippen LogP contribution >= 0.6 is 0 Å². The van der Waals surface area contributed by atoms with Crippen LogP contribution in [0, 0.1) is 5.92 Å². The van der Waals surface area contributed by atoms with Crippen molar-refractivity contribution < 1.29 is 19.1 Å². The Labute approximate surface area is 89.6 Å². The summed E-state index contributed by atoms with van der Waals surface area (Å²) in [7, 11) is 0. The molecule has 0 aliphatic rings. The standard InChI is InChI=1S/C11H16O4/c1-5-8(4)11(14-9(12)6-2)15-10(13)7-3/h6-8,11H,2-3,5H2,1,4H3. The number of hydrogen-bond acceptors (Lipinski definition) is 4. The molecule has 84 valence electrons. The summed E-state index contributed by atoms with van der Waals surface area (Å²) in [6, 6.07) is 0. The summed E-state index contributed by atoms with van der Waals surface area (Å²) in [6.07, 6.45) is 1.89. The maximum Gasteiger partial charge on any atom is 0.333 e. The van der Waals surface area contributed by atoms with Gasteiger partial charge in [-0.05, 0) is 6.42 Å². The summed E-state index contributed by atoms with van der Waals surface area (Å²) >= 11 is 0. The molecule has 0 aromatic carbocycles. The molecule has 0 N–H and O–H groups in total. The first-order valence-corrected chi connectivity index (χ1v) is 4.71. The Morgan fingerprint density at radius 3 is 1.87 bits per heavy atom. The lowest BCUT2D eigenvalue weighted by Gasteiger charge is -2.21. The van der Waals surface area contributed by atoms with Crippen LogP contribution in [0.4, 0.5) is 0 Å². The quantitative estimate of drug-likeness (QED) is 0.383. The highest BCUT2D eigenvalue weighted by molar-refractivity contribution is 5.83. The number of ether oxygens (including phenoxy) is 2. The number of carbonyl (C=O) groups excluding carboxylic acids is 2. The minimum absolute atomic E-state index is 0.0715. The van der Waals surface area contributed by atoms with Crippen LogP contribution in [-0.4, -0.2) is 18.2 Å². The Bertz CT molecular complexity index is 235. The molecule has 0 rings (SSSR count). The van der Waals surface area contributed by atoms with E-state index < -0.39 is 18.2 Å². The molecule has 0 radical (unpaired) electrons. The van der Waals surface area contributed by atoms with Gasteiger partial charge in [-0.15, -0.1) is 0 Å². The predicted octanol–water partition coefficient (Wildman–Crippen LogP) is 1.82. The van der Waals surface area contributed by atoms with Crippen molar-refractivity contribution in [3.05, 3.63) is 25.3 Å². The molecule has 0 aliphatic heterocycles. The summed E-state index contributed by atoms with van der Waals surface area (Å²) in [4.78, 5) is 21.9. The van der Waals surface area contributed by atoms with Crippen LogP contribution < -0.4 is 0 Å². The second kappa shape index (κ2) is 6.81. The van der Waals surface area contributed by atoms with Crippen molar-refractivity contribution in [2.45, 2.75) is 26.6 Å². The minimum Gasteiger partial charge on any atom is -0.422 e. The first-order valence-electron chi connectivity index (χ1n) is 4.71. The molecule has 0 saturated heterocycles. The molecule has 0 spiro atoms. The largest absolute Gasteiger partial charge is 0.422 e. The normalized spacial score (nSPS) is 11.7. The Morgan fingerprint density at radius 2 is 1.60 bits per heavy atom. The van der Waals surface area contributed by atoms with E-state index in [0.717, 1.165) is 18.6 Å². The van der Waals surface area contributed by atoms with Crippen LogP contribution in [0.25, 0.3) is 0 Å². The third-order valence-electron chi connectivity index (χ3n) is 1.91. The molecule has 0 heterocycles. The summed E-state index contributed by atoms with van der Waals surface area (Å²) in [6.45, 7) is 10.2. The van der Waals surface area contributed by atoms with E-state index in [0.29, 0.717) is 0 Å². The third-order valence-corrected chi connectivity index (χ3v) is 1.91. The Kier molecular flexibility index (Phi) is 6.09. The van der Waals surface area contributed by atoms with Gasteiger partial charge in [-0.25, -0.2) is 9.59 Å². The van der Waals surface area contributed by atoms with Crippen molar-refractivity contribution in [3.8, 4) is 0 Å². The second-order valence-corrected chi connectivity index (χ2v) is 3.04. The molecule has 0 aromatic rings. The van der Waals surface area contributed by atoms with Crippen LogP contribution in [0.1, 0.15) is 20.3 Å². The third kappa shape index (κ3) is 5.00. The van der Waals surface area contributed by atoms with Gasteiger partial charge in [0.15, 0.2) is 0 Å². The fourth-order valence-corrected chi connectivity index (χ4v) is 0.774. The number of rotatable bonds is 6. The first kappa shape index (κ1) is 13.4. The average Bonchev–Trinajstić information content (AvgIpc) is 2.26. The zero-order valence-electron chi connectivity index (χ0n) is 9.06. The van der Waals surface area contributed by atoms with Gasteiger partial charge < -0.3 is 9.47 Å². The highest BCUT2D eigenvalue weighted by Gasteiger charge is 2.22. The summed E-state index contributed by atoms with van der Waals surface area (Å²) in [5.41, 5.74) is 0. The molecule has 0 aliphatic carbocycles. The lowest BCUT2D eigenvalue weighted by Crippen LogP contribution is -2.29. The molecule has 0 amide bonds. The average molecular weight is 212 g/mol. The first-order chi connectivity index (χ1) is 7.04. The maximum atomic E-state index is 11.0. The lowest BCUT2D eigenvalue weighted by atomic mass is 10.1. The number of carbonyl (C=O) groups is 2. The topological polar surface area (TPSA) is 52.6 Å². The van der Waals surface area contributed by atoms with Gasteiger partial charge >= 0.3 is 11.9 Å². The van der Waals surface area contributed by atoms with Crippen LogP contribution in [0.15, 0.2) is 25.3 Å². The van der Waals surface area contributed by atoms with Crippen LogP contribution in [0.3, 0.4) is 0 Å². The molecule has 0 aromatic heterocycles. The van der Waals surface area contributed by atoms with Gasteiger partial charge in [-0.1, -0.05) is 27.0 Å². The van der Waals surface area contributed by atoms with E-state index in [1.165, 1.54) is 0 Å². The SMILES string of the molecule is C=CC(=O)OC(OC(=O)C=C)C(C)CC. The van der Waals surface area contributed by atoms with Crippen LogP contribution in [-0.2, 0) is 19.1 Å². The highest BCUT2D eigenvalue weighted by atomic mass is 16.7. The van der Waals surface area contributed by atoms with Gasteiger partial charge in [-0.3, -0.25) is 0 Å². The van der Waals surface area contributed by atoms with Crippen molar-refractivity contribution in [2.24, 2.45) is 5.92 Å². The maximum absolute atomic E-state index is 11.0. The number of esters is 2. The van der Waals surface area contributed by atoms with E-state index in [1.54, 1.807) is 0 Å². The highest BCUT2D eigenvalue weighted by Crippen LogP contribution is 2.13. The van der Waals surface area contributed by atoms with Gasteiger partial charge in [0.05, 0.1) is 0 Å². The fraction of sp³-hybridized carbons (Fsp3) is 0.455. The smallest absolute Gasteiger partial charge is 0.333 e. The monoisotopic (exact) mass is 212 g/mol. The molecule has 1 atom stereocenters.